The molecule has 0 aliphatic carbocycles. The van der Waals surface area contributed by atoms with Crippen molar-refractivity contribution in [3.63, 3.8) is 0 Å². The van der Waals surface area contributed by atoms with Gasteiger partial charge in [-0.25, -0.2) is 22.7 Å². The molecule has 0 spiro atoms. The predicted octanol–water partition coefficient (Wildman–Crippen LogP) is 0.00360. The predicted molar refractivity (Wildman–Crippen MR) is 78.4 cm³/mol. The van der Waals surface area contributed by atoms with Gasteiger partial charge in [-0.1, -0.05) is 30.3 Å². The Balaban J connectivity index is 2.53. The lowest BCUT2D eigenvalue weighted by Crippen LogP contribution is -2.48. The summed E-state index contributed by atoms with van der Waals surface area (Å²) in [5, 5.41) is 2.25. The number of benzene rings is 1. The van der Waals surface area contributed by atoms with Crippen LogP contribution in [-0.2, 0) is 30.9 Å². The maximum Gasteiger partial charge on any atom is 0.408 e. The van der Waals surface area contributed by atoms with Crippen molar-refractivity contribution in [3.05, 3.63) is 35.9 Å². The molecular weight excluding hydrogens is 312 g/mol. The van der Waals surface area contributed by atoms with Crippen LogP contribution in [0.3, 0.4) is 0 Å². The van der Waals surface area contributed by atoms with Crippen molar-refractivity contribution in [2.75, 3.05) is 19.9 Å². The fourth-order valence-corrected chi connectivity index (χ4v) is 1.95. The van der Waals surface area contributed by atoms with E-state index in [2.05, 4.69) is 14.8 Å². The largest absolute Gasteiger partial charge is 0.467 e. The molecule has 1 atom stereocenters. The van der Waals surface area contributed by atoms with E-state index in [0.29, 0.717) is 0 Å². The number of nitrogens with one attached hydrogen (secondary N) is 2. The zero-order valence-electron chi connectivity index (χ0n) is 12.2. The molecular formula is C13H18N2O6S. The van der Waals surface area contributed by atoms with E-state index < -0.39 is 28.1 Å². The van der Waals surface area contributed by atoms with Crippen LogP contribution in [0, 0.1) is 0 Å². The van der Waals surface area contributed by atoms with E-state index in [4.69, 9.17) is 4.74 Å². The maximum atomic E-state index is 11.7. The number of esters is 1. The lowest BCUT2D eigenvalue weighted by Gasteiger charge is -2.16. The number of rotatable bonds is 7. The quantitative estimate of drug-likeness (QED) is 0.681. The molecule has 0 fully saturated rings. The molecule has 2 N–H and O–H groups in total. The van der Waals surface area contributed by atoms with E-state index in [9.17, 15) is 18.0 Å². The molecule has 1 aromatic carbocycles. The number of amides is 1. The van der Waals surface area contributed by atoms with Crippen molar-refractivity contribution < 1.29 is 27.5 Å². The van der Waals surface area contributed by atoms with Crippen molar-refractivity contribution in [3.8, 4) is 0 Å². The first-order valence-electron chi connectivity index (χ1n) is 6.31. The fraction of sp³-hybridized carbons (Fsp3) is 0.385. The van der Waals surface area contributed by atoms with Crippen LogP contribution in [0.1, 0.15) is 5.56 Å². The van der Waals surface area contributed by atoms with E-state index in [0.717, 1.165) is 18.9 Å². The van der Waals surface area contributed by atoms with Crippen molar-refractivity contribution in [1.29, 1.82) is 0 Å². The van der Waals surface area contributed by atoms with Crippen molar-refractivity contribution in [2.45, 2.75) is 12.6 Å². The molecule has 0 unspecified atom stereocenters. The Morgan fingerprint density at radius 1 is 1.23 bits per heavy atom. The van der Waals surface area contributed by atoms with Crippen molar-refractivity contribution >= 4 is 22.1 Å². The summed E-state index contributed by atoms with van der Waals surface area (Å²) < 4.78 is 33.6. The molecule has 0 bridgehead atoms. The number of methoxy groups -OCH3 is 1. The van der Waals surface area contributed by atoms with Gasteiger partial charge in [-0.15, -0.1) is 0 Å². The van der Waals surface area contributed by atoms with Crippen LogP contribution in [0.25, 0.3) is 0 Å². The first kappa shape index (κ1) is 17.9. The van der Waals surface area contributed by atoms with Gasteiger partial charge in [0.25, 0.3) is 0 Å². The van der Waals surface area contributed by atoms with Gasteiger partial charge in [0.15, 0.2) is 0 Å². The van der Waals surface area contributed by atoms with Crippen molar-refractivity contribution in [2.24, 2.45) is 0 Å². The lowest BCUT2D eigenvalue weighted by molar-refractivity contribution is -0.142. The third kappa shape index (κ3) is 7.04. The molecule has 1 aromatic rings. The number of carbonyl (C=O) groups is 2. The molecule has 1 amide bonds. The summed E-state index contributed by atoms with van der Waals surface area (Å²) in [5.74, 6) is -0.784. The van der Waals surface area contributed by atoms with Gasteiger partial charge in [0.1, 0.15) is 12.6 Å². The van der Waals surface area contributed by atoms with Crippen LogP contribution < -0.4 is 10.0 Å². The Kier molecular flexibility index (Phi) is 6.80. The Morgan fingerprint density at radius 2 is 1.86 bits per heavy atom. The van der Waals surface area contributed by atoms with Crippen LogP contribution in [0.2, 0.25) is 0 Å². The minimum Gasteiger partial charge on any atom is -0.467 e. The van der Waals surface area contributed by atoms with Crippen LogP contribution in [-0.4, -0.2) is 46.4 Å². The standard InChI is InChI=1S/C13H18N2O6S/c1-20-12(16)11(8-14-22(2,18)19)15-13(17)21-9-10-6-4-3-5-7-10/h3-7,11,14H,8-9H2,1-2H3,(H,15,17)/t11-/m1/s1. The zero-order chi connectivity index (χ0) is 16.6. The number of ether oxygens (including phenoxy) is 2. The molecule has 0 saturated carbocycles. The third-order valence-electron chi connectivity index (χ3n) is 2.54. The van der Waals surface area contributed by atoms with Gasteiger partial charge < -0.3 is 14.8 Å². The smallest absolute Gasteiger partial charge is 0.408 e. The average molecular weight is 330 g/mol. The highest BCUT2D eigenvalue weighted by Crippen LogP contribution is 2.01. The van der Waals surface area contributed by atoms with Gasteiger partial charge in [-0.3, -0.25) is 0 Å². The topological polar surface area (TPSA) is 111 Å². The first-order chi connectivity index (χ1) is 10.3. The third-order valence-corrected chi connectivity index (χ3v) is 3.23. The van der Waals surface area contributed by atoms with E-state index >= 15 is 0 Å². The molecule has 1 rings (SSSR count). The highest BCUT2D eigenvalue weighted by molar-refractivity contribution is 7.88. The summed E-state index contributed by atoms with van der Waals surface area (Å²) in [6.45, 7) is -0.300. The number of hydrogen-bond donors (Lipinski definition) is 2. The summed E-state index contributed by atoms with van der Waals surface area (Å²) in [6, 6.07) is 7.79. The molecule has 122 valence electrons. The summed E-state index contributed by atoms with van der Waals surface area (Å²) in [4.78, 5) is 23.2. The second-order valence-corrected chi connectivity index (χ2v) is 6.24. The number of hydrogen-bond acceptors (Lipinski definition) is 6. The average Bonchev–Trinajstić information content (AvgIpc) is 2.48. The number of alkyl carbamates (subject to hydrolysis) is 1. The Morgan fingerprint density at radius 3 is 2.41 bits per heavy atom. The molecule has 0 radical (unpaired) electrons. The van der Waals surface area contributed by atoms with Crippen LogP contribution >= 0.6 is 0 Å². The SMILES string of the molecule is COC(=O)[C@@H](CNS(C)(=O)=O)NC(=O)OCc1ccccc1. The van der Waals surface area contributed by atoms with E-state index in [-0.39, 0.29) is 13.2 Å². The normalized spacial score (nSPS) is 12.3. The Labute approximate surface area is 128 Å². The second kappa shape index (κ2) is 8.35. The van der Waals surface area contributed by atoms with Crippen LogP contribution in [0.4, 0.5) is 4.79 Å². The summed E-state index contributed by atoms with van der Waals surface area (Å²) in [5.41, 5.74) is 0.779. The molecule has 0 aliphatic heterocycles. The van der Waals surface area contributed by atoms with E-state index in [1.807, 2.05) is 6.07 Å². The van der Waals surface area contributed by atoms with Gasteiger partial charge in [-0.05, 0) is 5.56 Å². The number of carbonyl (C=O) groups excluding carboxylic acids is 2. The Hall–Kier alpha value is -2.13. The van der Waals surface area contributed by atoms with Gasteiger partial charge in [0.05, 0.1) is 13.4 Å². The van der Waals surface area contributed by atoms with E-state index in [1.165, 1.54) is 0 Å². The van der Waals surface area contributed by atoms with Gasteiger partial charge in [-0.2, -0.15) is 0 Å². The van der Waals surface area contributed by atoms with Crippen LogP contribution in [0.15, 0.2) is 30.3 Å². The van der Waals surface area contributed by atoms with Gasteiger partial charge >= 0.3 is 12.1 Å². The molecule has 8 nitrogen and oxygen atoms in total. The molecule has 9 heteroatoms. The van der Waals surface area contributed by atoms with Gasteiger partial charge in [0, 0.05) is 6.54 Å². The number of sulfonamides is 1. The highest BCUT2D eigenvalue weighted by Gasteiger charge is 2.23. The van der Waals surface area contributed by atoms with Crippen molar-refractivity contribution in [1.82, 2.24) is 10.0 Å². The Bertz CT molecular complexity index is 602. The molecule has 0 heterocycles. The minimum atomic E-state index is -3.50. The zero-order valence-corrected chi connectivity index (χ0v) is 13.1. The monoisotopic (exact) mass is 330 g/mol. The van der Waals surface area contributed by atoms with E-state index in [1.54, 1.807) is 24.3 Å². The van der Waals surface area contributed by atoms with Crippen LogP contribution in [0.5, 0.6) is 0 Å². The second-order valence-electron chi connectivity index (χ2n) is 4.40. The summed E-state index contributed by atoms with van der Waals surface area (Å²) >= 11 is 0. The minimum absolute atomic E-state index is 0.0278. The first-order valence-corrected chi connectivity index (χ1v) is 8.20. The van der Waals surface area contributed by atoms with Gasteiger partial charge in [0.2, 0.25) is 10.0 Å². The lowest BCUT2D eigenvalue weighted by atomic mass is 10.2. The summed E-state index contributed by atoms with van der Waals surface area (Å²) in [7, 11) is -2.37. The molecule has 22 heavy (non-hydrogen) atoms. The maximum absolute atomic E-state index is 11.7. The highest BCUT2D eigenvalue weighted by atomic mass is 32.2. The fourth-order valence-electron chi connectivity index (χ4n) is 1.48. The molecule has 0 aromatic heterocycles. The molecule has 0 aliphatic rings. The molecule has 0 saturated heterocycles. The summed E-state index contributed by atoms with van der Waals surface area (Å²) in [6.07, 6.45) is 0.0873.